The fraction of sp³-hybridized carbons (Fsp3) is 0.368. The molecule has 1 aliphatic heterocycles. The Morgan fingerprint density at radius 2 is 1.84 bits per heavy atom. The normalized spacial score (nSPS) is 16.2. The van der Waals surface area contributed by atoms with E-state index in [1.54, 1.807) is 6.20 Å². The third kappa shape index (κ3) is 3.74. The smallest absolute Gasteiger partial charge is 0.240 e. The second-order valence-corrected chi connectivity index (χ2v) is 6.51. The van der Waals surface area contributed by atoms with Gasteiger partial charge in [-0.1, -0.05) is 35.5 Å². The lowest BCUT2D eigenvalue weighted by atomic mass is 9.96. The van der Waals surface area contributed by atoms with E-state index < -0.39 is 0 Å². The largest absolute Gasteiger partial charge is 0.339 e. The highest BCUT2D eigenvalue weighted by Gasteiger charge is 2.25. The third-order valence-corrected chi connectivity index (χ3v) is 4.62. The van der Waals surface area contributed by atoms with Gasteiger partial charge in [-0.15, -0.1) is 0 Å². The minimum Gasteiger partial charge on any atom is -0.339 e. The Hall–Kier alpha value is -2.60. The summed E-state index contributed by atoms with van der Waals surface area (Å²) < 4.78 is 5.49. The summed E-state index contributed by atoms with van der Waals surface area (Å²) in [7, 11) is 0. The average molecular weight is 335 g/mol. The quantitative estimate of drug-likeness (QED) is 0.729. The van der Waals surface area contributed by atoms with Crippen molar-refractivity contribution in [1.82, 2.24) is 25.0 Å². The van der Waals surface area contributed by atoms with E-state index in [0.29, 0.717) is 23.5 Å². The van der Waals surface area contributed by atoms with Gasteiger partial charge in [0.25, 0.3) is 0 Å². The standard InChI is InChI=1S/C19H21N5O/c1-14-7-10-20-17(21-14)18-22-19(25-23-18)16-8-11-24(12-9-16)13-15-5-3-2-4-6-15/h2-7,10,16H,8-9,11-13H2,1H3. The molecule has 0 bridgehead atoms. The van der Waals surface area contributed by atoms with Gasteiger partial charge in [0.2, 0.25) is 17.5 Å². The van der Waals surface area contributed by atoms with Gasteiger partial charge in [-0.3, -0.25) is 4.90 Å². The number of hydrogen-bond donors (Lipinski definition) is 0. The Kier molecular flexibility index (Phi) is 4.52. The highest BCUT2D eigenvalue weighted by Crippen LogP contribution is 2.28. The van der Waals surface area contributed by atoms with Gasteiger partial charge in [0.1, 0.15) is 0 Å². The zero-order chi connectivity index (χ0) is 17.1. The molecule has 128 valence electrons. The predicted octanol–water partition coefficient (Wildman–Crippen LogP) is 3.21. The summed E-state index contributed by atoms with van der Waals surface area (Å²) in [5.41, 5.74) is 2.25. The summed E-state index contributed by atoms with van der Waals surface area (Å²) in [5, 5.41) is 4.06. The van der Waals surface area contributed by atoms with Gasteiger partial charge < -0.3 is 4.52 Å². The van der Waals surface area contributed by atoms with E-state index in [4.69, 9.17) is 4.52 Å². The van der Waals surface area contributed by atoms with Crippen molar-refractivity contribution >= 4 is 0 Å². The van der Waals surface area contributed by atoms with Crippen LogP contribution < -0.4 is 0 Å². The van der Waals surface area contributed by atoms with E-state index in [-0.39, 0.29) is 0 Å². The summed E-state index contributed by atoms with van der Waals surface area (Å²) in [6, 6.07) is 12.5. The van der Waals surface area contributed by atoms with Crippen molar-refractivity contribution in [3.63, 3.8) is 0 Å². The van der Waals surface area contributed by atoms with E-state index >= 15 is 0 Å². The molecule has 1 aliphatic rings. The third-order valence-electron chi connectivity index (χ3n) is 4.62. The molecule has 0 amide bonds. The fourth-order valence-corrected chi connectivity index (χ4v) is 3.23. The number of aryl methyl sites for hydroxylation is 1. The number of benzene rings is 1. The number of piperidine rings is 1. The van der Waals surface area contributed by atoms with Crippen molar-refractivity contribution < 1.29 is 4.52 Å². The molecule has 1 aromatic carbocycles. The zero-order valence-electron chi connectivity index (χ0n) is 14.3. The molecule has 3 aromatic rings. The lowest BCUT2D eigenvalue weighted by molar-refractivity contribution is 0.187. The van der Waals surface area contributed by atoms with E-state index in [2.05, 4.69) is 55.3 Å². The topological polar surface area (TPSA) is 67.9 Å². The summed E-state index contributed by atoms with van der Waals surface area (Å²) in [6.45, 7) is 5.00. The Bertz CT molecular complexity index is 825. The van der Waals surface area contributed by atoms with Crippen molar-refractivity contribution in [1.29, 1.82) is 0 Å². The van der Waals surface area contributed by atoms with Gasteiger partial charge in [0.05, 0.1) is 0 Å². The first-order valence-corrected chi connectivity index (χ1v) is 8.68. The van der Waals surface area contributed by atoms with E-state index in [0.717, 1.165) is 38.2 Å². The van der Waals surface area contributed by atoms with Gasteiger partial charge in [0, 0.05) is 24.4 Å². The van der Waals surface area contributed by atoms with E-state index in [1.165, 1.54) is 5.56 Å². The number of likely N-dealkylation sites (tertiary alicyclic amines) is 1. The van der Waals surface area contributed by atoms with Crippen molar-refractivity contribution in [3.05, 3.63) is 59.7 Å². The van der Waals surface area contributed by atoms with Crippen LogP contribution in [0.1, 0.15) is 35.9 Å². The van der Waals surface area contributed by atoms with Crippen LogP contribution in [0, 0.1) is 6.92 Å². The highest BCUT2D eigenvalue weighted by molar-refractivity contribution is 5.41. The van der Waals surface area contributed by atoms with Crippen molar-refractivity contribution in [2.45, 2.75) is 32.2 Å². The van der Waals surface area contributed by atoms with Crippen LogP contribution >= 0.6 is 0 Å². The van der Waals surface area contributed by atoms with Crippen LogP contribution in [0.4, 0.5) is 0 Å². The van der Waals surface area contributed by atoms with Crippen LogP contribution in [0.5, 0.6) is 0 Å². The van der Waals surface area contributed by atoms with E-state index in [9.17, 15) is 0 Å². The van der Waals surface area contributed by atoms with Gasteiger partial charge in [-0.05, 0) is 44.5 Å². The van der Waals surface area contributed by atoms with Gasteiger partial charge >= 0.3 is 0 Å². The molecule has 2 aromatic heterocycles. The molecule has 0 spiro atoms. The molecule has 1 saturated heterocycles. The molecule has 6 heteroatoms. The molecule has 1 fully saturated rings. The SMILES string of the molecule is Cc1ccnc(-c2noc(C3CCN(Cc4ccccc4)CC3)n2)n1. The monoisotopic (exact) mass is 335 g/mol. The van der Waals surface area contributed by atoms with Crippen LogP contribution in [-0.2, 0) is 6.54 Å². The molecule has 0 aliphatic carbocycles. The zero-order valence-corrected chi connectivity index (χ0v) is 14.3. The summed E-state index contributed by atoms with van der Waals surface area (Å²) in [4.78, 5) is 15.6. The lowest BCUT2D eigenvalue weighted by Gasteiger charge is -2.30. The van der Waals surface area contributed by atoms with Crippen LogP contribution in [-0.4, -0.2) is 38.1 Å². The van der Waals surface area contributed by atoms with Crippen molar-refractivity contribution in [2.75, 3.05) is 13.1 Å². The van der Waals surface area contributed by atoms with Crippen LogP contribution in [0.25, 0.3) is 11.6 Å². The van der Waals surface area contributed by atoms with Gasteiger partial charge in [-0.2, -0.15) is 4.98 Å². The molecule has 0 atom stereocenters. The minimum absolute atomic E-state index is 0.318. The Balaban J connectivity index is 1.38. The summed E-state index contributed by atoms with van der Waals surface area (Å²) in [6.07, 6.45) is 3.78. The molecule has 3 heterocycles. The predicted molar refractivity (Wildman–Crippen MR) is 93.8 cm³/mol. The molecule has 6 nitrogen and oxygen atoms in total. The number of hydrogen-bond acceptors (Lipinski definition) is 6. The second kappa shape index (κ2) is 7.11. The minimum atomic E-state index is 0.318. The van der Waals surface area contributed by atoms with Crippen LogP contribution in [0.3, 0.4) is 0 Å². The first kappa shape index (κ1) is 15.9. The molecule has 0 N–H and O–H groups in total. The highest BCUT2D eigenvalue weighted by atomic mass is 16.5. The maximum Gasteiger partial charge on any atom is 0.240 e. The molecule has 0 saturated carbocycles. The number of aromatic nitrogens is 4. The molecular weight excluding hydrogens is 314 g/mol. The first-order chi connectivity index (χ1) is 12.3. The summed E-state index contributed by atoms with van der Waals surface area (Å²) in [5.74, 6) is 2.03. The number of nitrogens with zero attached hydrogens (tertiary/aromatic N) is 5. The number of rotatable bonds is 4. The fourth-order valence-electron chi connectivity index (χ4n) is 3.23. The van der Waals surface area contributed by atoms with Crippen molar-refractivity contribution in [2.24, 2.45) is 0 Å². The van der Waals surface area contributed by atoms with Gasteiger partial charge in [-0.25, -0.2) is 9.97 Å². The van der Waals surface area contributed by atoms with Crippen molar-refractivity contribution in [3.8, 4) is 11.6 Å². The molecule has 25 heavy (non-hydrogen) atoms. The summed E-state index contributed by atoms with van der Waals surface area (Å²) >= 11 is 0. The molecule has 0 unspecified atom stereocenters. The van der Waals surface area contributed by atoms with Gasteiger partial charge in [0.15, 0.2) is 0 Å². The Morgan fingerprint density at radius 3 is 2.60 bits per heavy atom. The Morgan fingerprint density at radius 1 is 1.04 bits per heavy atom. The molecule has 4 rings (SSSR count). The first-order valence-electron chi connectivity index (χ1n) is 8.68. The average Bonchev–Trinajstić information content (AvgIpc) is 3.13. The molecule has 0 radical (unpaired) electrons. The molecular formula is C19H21N5O. The lowest BCUT2D eigenvalue weighted by Crippen LogP contribution is -2.32. The van der Waals surface area contributed by atoms with E-state index in [1.807, 2.05) is 13.0 Å². The maximum atomic E-state index is 5.49. The maximum absolute atomic E-state index is 5.49. The second-order valence-electron chi connectivity index (χ2n) is 6.51. The van der Waals surface area contributed by atoms with Crippen LogP contribution in [0.15, 0.2) is 47.1 Å². The van der Waals surface area contributed by atoms with Crippen LogP contribution in [0.2, 0.25) is 0 Å². The Labute approximate surface area is 146 Å².